The molecule has 1 aliphatic carbocycles. The largest absolute Gasteiger partial charge is 0.387 e. The molecule has 0 aromatic carbocycles. The van der Waals surface area contributed by atoms with E-state index in [0.717, 1.165) is 0 Å². The van der Waals surface area contributed by atoms with E-state index in [-0.39, 0.29) is 24.4 Å². The van der Waals surface area contributed by atoms with Gasteiger partial charge < -0.3 is 24.1 Å². The highest BCUT2D eigenvalue weighted by Crippen LogP contribution is 2.43. The van der Waals surface area contributed by atoms with Gasteiger partial charge in [-0.2, -0.15) is 0 Å². The number of hydrogen-bond donors (Lipinski definition) is 1. The number of fused-ring (bicyclic) bond motifs is 2. The van der Waals surface area contributed by atoms with Crippen LogP contribution in [0.15, 0.2) is 0 Å². The smallest absolute Gasteiger partial charge is 0.163 e. The maximum atomic E-state index is 10.3. The lowest BCUT2D eigenvalue weighted by Crippen LogP contribution is -2.53. The Labute approximate surface area is 101 Å². The van der Waals surface area contributed by atoms with Gasteiger partial charge in [0.15, 0.2) is 11.6 Å². The Morgan fingerprint density at radius 1 is 0.824 bits per heavy atom. The highest BCUT2D eigenvalue weighted by Gasteiger charge is 2.58. The molecule has 0 bridgehead atoms. The average molecular weight is 244 g/mol. The molecule has 0 spiro atoms. The summed E-state index contributed by atoms with van der Waals surface area (Å²) >= 11 is 0. The molecule has 3 rings (SSSR count). The minimum Gasteiger partial charge on any atom is -0.387 e. The summed E-state index contributed by atoms with van der Waals surface area (Å²) in [5.74, 6) is -1.27. The van der Waals surface area contributed by atoms with Crippen LogP contribution in [0.5, 0.6) is 0 Å². The lowest BCUT2D eigenvalue weighted by atomic mass is 9.87. The molecule has 2 aliphatic heterocycles. The highest BCUT2D eigenvalue weighted by molar-refractivity contribution is 5.02. The number of hydrogen-bond acceptors (Lipinski definition) is 5. The predicted molar refractivity (Wildman–Crippen MR) is 58.3 cm³/mol. The van der Waals surface area contributed by atoms with Gasteiger partial charge in [0.1, 0.15) is 18.3 Å². The van der Waals surface area contributed by atoms with E-state index in [1.807, 2.05) is 27.7 Å². The Morgan fingerprint density at radius 3 is 1.65 bits per heavy atom. The van der Waals surface area contributed by atoms with E-state index in [0.29, 0.717) is 6.42 Å². The standard InChI is InChI=1S/C12H20O5/c1-11(2)14-6-5-7-10(8(13)9(6)16-11)17-12(3,4)15-7/h6-10,13H,5H2,1-4H3/t6-,7+,8?,9+,10-. The van der Waals surface area contributed by atoms with Gasteiger partial charge in [0, 0.05) is 6.42 Å². The highest BCUT2D eigenvalue weighted by atomic mass is 16.8. The molecule has 5 nitrogen and oxygen atoms in total. The van der Waals surface area contributed by atoms with Gasteiger partial charge in [-0.05, 0) is 27.7 Å². The SMILES string of the molecule is CC1(C)O[C@@H]2C(O)[C@@H]3OC(C)(C)O[C@H]3C[C@H]2O1. The van der Waals surface area contributed by atoms with Gasteiger partial charge in [-0.3, -0.25) is 0 Å². The van der Waals surface area contributed by atoms with Crippen LogP contribution in [0.4, 0.5) is 0 Å². The van der Waals surface area contributed by atoms with Crippen LogP contribution in [0.3, 0.4) is 0 Å². The van der Waals surface area contributed by atoms with Crippen LogP contribution in [0.2, 0.25) is 0 Å². The van der Waals surface area contributed by atoms with Crippen molar-refractivity contribution < 1.29 is 24.1 Å². The number of rotatable bonds is 0. The first-order valence-corrected chi connectivity index (χ1v) is 6.17. The molecule has 2 saturated heterocycles. The van der Waals surface area contributed by atoms with E-state index in [9.17, 15) is 5.11 Å². The van der Waals surface area contributed by atoms with Crippen LogP contribution in [-0.2, 0) is 18.9 Å². The minimum atomic E-state index is -0.692. The number of aliphatic hydroxyl groups is 1. The molecule has 1 N–H and O–H groups in total. The second-order valence-electron chi connectivity index (χ2n) is 6.00. The maximum Gasteiger partial charge on any atom is 0.163 e. The molecule has 0 aromatic rings. The van der Waals surface area contributed by atoms with Gasteiger partial charge in [0.25, 0.3) is 0 Å². The molecule has 3 aliphatic rings. The first kappa shape index (κ1) is 11.9. The van der Waals surface area contributed by atoms with E-state index < -0.39 is 17.7 Å². The van der Waals surface area contributed by atoms with E-state index >= 15 is 0 Å². The first-order chi connectivity index (χ1) is 7.77. The third kappa shape index (κ3) is 1.90. The van der Waals surface area contributed by atoms with Crippen molar-refractivity contribution in [3.8, 4) is 0 Å². The molecule has 5 atom stereocenters. The van der Waals surface area contributed by atoms with Gasteiger partial charge in [-0.15, -0.1) is 0 Å². The summed E-state index contributed by atoms with van der Waals surface area (Å²) in [6, 6.07) is 0. The summed E-state index contributed by atoms with van der Waals surface area (Å²) in [5.41, 5.74) is 0. The molecule has 3 fully saturated rings. The van der Waals surface area contributed by atoms with Gasteiger partial charge in [0.05, 0.1) is 12.2 Å². The zero-order valence-corrected chi connectivity index (χ0v) is 10.7. The Balaban J connectivity index is 1.81. The Bertz CT molecular complexity index is 297. The van der Waals surface area contributed by atoms with Gasteiger partial charge >= 0.3 is 0 Å². The van der Waals surface area contributed by atoms with Crippen molar-refractivity contribution >= 4 is 0 Å². The summed E-state index contributed by atoms with van der Waals surface area (Å²) in [6.07, 6.45) is -0.841. The Hall–Kier alpha value is -0.200. The zero-order valence-electron chi connectivity index (χ0n) is 10.7. The molecular formula is C12H20O5. The minimum absolute atomic E-state index is 0.112. The number of ether oxygens (including phenoxy) is 4. The molecule has 2 heterocycles. The lowest BCUT2D eigenvalue weighted by Gasteiger charge is -2.34. The summed E-state index contributed by atoms with van der Waals surface area (Å²) in [7, 11) is 0. The Kier molecular flexibility index (Phi) is 2.39. The lowest BCUT2D eigenvalue weighted by molar-refractivity contribution is -0.179. The molecule has 17 heavy (non-hydrogen) atoms. The van der Waals surface area contributed by atoms with Gasteiger partial charge in [-0.1, -0.05) is 0 Å². The Morgan fingerprint density at radius 2 is 1.24 bits per heavy atom. The molecule has 5 heteroatoms. The summed E-state index contributed by atoms with van der Waals surface area (Å²) in [5, 5.41) is 10.3. The third-order valence-corrected chi connectivity index (χ3v) is 3.58. The number of aliphatic hydroxyl groups excluding tert-OH is 1. The van der Waals surface area contributed by atoms with Crippen molar-refractivity contribution in [2.24, 2.45) is 0 Å². The van der Waals surface area contributed by atoms with Gasteiger partial charge in [-0.25, -0.2) is 0 Å². The van der Waals surface area contributed by atoms with Crippen LogP contribution < -0.4 is 0 Å². The molecule has 0 amide bonds. The fourth-order valence-corrected chi connectivity index (χ4v) is 3.09. The monoisotopic (exact) mass is 244 g/mol. The quantitative estimate of drug-likeness (QED) is 0.682. The maximum absolute atomic E-state index is 10.3. The van der Waals surface area contributed by atoms with Gasteiger partial charge in [0.2, 0.25) is 0 Å². The van der Waals surface area contributed by atoms with Crippen molar-refractivity contribution in [1.29, 1.82) is 0 Å². The van der Waals surface area contributed by atoms with Crippen molar-refractivity contribution in [1.82, 2.24) is 0 Å². The summed E-state index contributed by atoms with van der Waals surface area (Å²) in [4.78, 5) is 0. The topological polar surface area (TPSA) is 57.2 Å². The fraction of sp³-hybridized carbons (Fsp3) is 1.00. The molecule has 0 radical (unpaired) electrons. The van der Waals surface area contributed by atoms with Crippen LogP contribution in [0, 0.1) is 0 Å². The van der Waals surface area contributed by atoms with Crippen molar-refractivity contribution in [3.63, 3.8) is 0 Å². The van der Waals surface area contributed by atoms with Crippen molar-refractivity contribution in [2.45, 2.75) is 76.2 Å². The molecule has 1 saturated carbocycles. The second kappa shape index (κ2) is 3.42. The summed E-state index contributed by atoms with van der Waals surface area (Å²) in [6.45, 7) is 7.44. The molecular weight excluding hydrogens is 224 g/mol. The van der Waals surface area contributed by atoms with E-state index in [4.69, 9.17) is 18.9 Å². The van der Waals surface area contributed by atoms with E-state index in [2.05, 4.69) is 0 Å². The second-order valence-corrected chi connectivity index (χ2v) is 6.00. The van der Waals surface area contributed by atoms with Crippen LogP contribution >= 0.6 is 0 Å². The zero-order chi connectivity index (χ0) is 12.4. The molecule has 98 valence electrons. The molecule has 1 unspecified atom stereocenters. The predicted octanol–water partition coefficient (Wildman–Crippen LogP) is 0.791. The first-order valence-electron chi connectivity index (χ1n) is 6.17. The average Bonchev–Trinajstić information content (AvgIpc) is 2.61. The normalized spacial score (nSPS) is 51.0. The van der Waals surface area contributed by atoms with E-state index in [1.54, 1.807) is 0 Å². The third-order valence-electron chi connectivity index (χ3n) is 3.58. The van der Waals surface area contributed by atoms with Crippen LogP contribution in [0.1, 0.15) is 34.1 Å². The van der Waals surface area contributed by atoms with Crippen molar-refractivity contribution in [3.05, 3.63) is 0 Å². The molecule has 0 aromatic heterocycles. The summed E-state index contributed by atoms with van der Waals surface area (Å²) < 4.78 is 23.0. The van der Waals surface area contributed by atoms with E-state index in [1.165, 1.54) is 0 Å². The fourth-order valence-electron chi connectivity index (χ4n) is 3.09. The van der Waals surface area contributed by atoms with Crippen LogP contribution in [-0.4, -0.2) is 47.2 Å². The van der Waals surface area contributed by atoms with Crippen molar-refractivity contribution in [2.75, 3.05) is 0 Å². The van der Waals surface area contributed by atoms with Crippen LogP contribution in [0.25, 0.3) is 0 Å².